The summed E-state index contributed by atoms with van der Waals surface area (Å²) in [7, 11) is 1.51. The van der Waals surface area contributed by atoms with Gasteiger partial charge in [0.25, 0.3) is 0 Å². The number of ether oxygens (including phenoxy) is 1. The van der Waals surface area contributed by atoms with Crippen molar-refractivity contribution < 1.29 is 9.13 Å². The van der Waals surface area contributed by atoms with Crippen molar-refractivity contribution in [3.05, 3.63) is 30.1 Å². The maximum atomic E-state index is 13.8. The fourth-order valence-electron chi connectivity index (χ4n) is 1.66. The highest BCUT2D eigenvalue weighted by Crippen LogP contribution is 2.31. The summed E-state index contributed by atoms with van der Waals surface area (Å²) in [6, 6.07) is 6.47. The molecule has 0 atom stereocenters. The highest BCUT2D eigenvalue weighted by molar-refractivity contribution is 5.70. The van der Waals surface area contributed by atoms with E-state index in [1.54, 1.807) is 18.2 Å². The predicted molar refractivity (Wildman–Crippen MR) is 64.7 cm³/mol. The molecule has 2 aromatic rings. The monoisotopic (exact) mass is 235 g/mol. The van der Waals surface area contributed by atoms with Gasteiger partial charge in [-0.2, -0.15) is 5.10 Å². The Kier molecular flexibility index (Phi) is 3.27. The minimum absolute atomic E-state index is 0.337. The van der Waals surface area contributed by atoms with Gasteiger partial charge in [-0.3, -0.25) is 5.10 Å². The molecule has 0 saturated carbocycles. The van der Waals surface area contributed by atoms with Crippen LogP contribution in [0.25, 0.3) is 11.3 Å². The number of rotatable bonds is 4. The van der Waals surface area contributed by atoms with Crippen LogP contribution in [0, 0.1) is 5.82 Å². The minimum atomic E-state index is -0.337. The van der Waals surface area contributed by atoms with Gasteiger partial charge in [-0.1, -0.05) is 6.07 Å². The van der Waals surface area contributed by atoms with Crippen LogP contribution in [0.15, 0.2) is 24.3 Å². The Morgan fingerprint density at radius 3 is 3.00 bits per heavy atom. The fourth-order valence-corrected chi connectivity index (χ4v) is 1.66. The molecule has 1 aromatic heterocycles. The zero-order chi connectivity index (χ0) is 12.3. The van der Waals surface area contributed by atoms with Crippen LogP contribution in [0.4, 0.5) is 10.2 Å². The fraction of sp³-hybridized carbons (Fsp3) is 0.250. The first-order valence-corrected chi connectivity index (χ1v) is 5.38. The second-order valence-electron chi connectivity index (χ2n) is 3.51. The summed E-state index contributed by atoms with van der Waals surface area (Å²) < 4.78 is 18.9. The molecule has 2 N–H and O–H groups in total. The number of nitrogens with zero attached hydrogens (tertiary/aromatic N) is 1. The van der Waals surface area contributed by atoms with E-state index in [4.69, 9.17) is 4.74 Å². The van der Waals surface area contributed by atoms with Gasteiger partial charge >= 0.3 is 0 Å². The van der Waals surface area contributed by atoms with Gasteiger partial charge in [-0.15, -0.1) is 0 Å². The molecule has 0 aliphatic heterocycles. The molecule has 0 aliphatic rings. The molecule has 5 heteroatoms. The lowest BCUT2D eigenvalue weighted by Crippen LogP contribution is -1.95. The number of hydrogen-bond acceptors (Lipinski definition) is 3. The van der Waals surface area contributed by atoms with Crippen LogP contribution in [0.5, 0.6) is 5.75 Å². The van der Waals surface area contributed by atoms with Crippen molar-refractivity contribution in [2.75, 3.05) is 19.0 Å². The first-order valence-electron chi connectivity index (χ1n) is 5.38. The molecule has 0 spiro atoms. The molecule has 1 heterocycles. The molecule has 17 heavy (non-hydrogen) atoms. The number of anilines is 1. The number of H-pyrrole nitrogens is 1. The lowest BCUT2D eigenvalue weighted by atomic mass is 10.1. The summed E-state index contributed by atoms with van der Waals surface area (Å²) in [6.45, 7) is 2.73. The number of nitrogens with one attached hydrogen (secondary N) is 2. The predicted octanol–water partition coefficient (Wildman–Crippen LogP) is 2.66. The van der Waals surface area contributed by atoms with Gasteiger partial charge in [0.15, 0.2) is 0 Å². The number of methoxy groups -OCH3 is 1. The maximum Gasteiger partial charge on any atom is 0.148 e. The van der Waals surface area contributed by atoms with Crippen molar-refractivity contribution in [2.24, 2.45) is 0 Å². The Morgan fingerprint density at radius 2 is 2.29 bits per heavy atom. The van der Waals surface area contributed by atoms with Crippen molar-refractivity contribution in [1.29, 1.82) is 0 Å². The van der Waals surface area contributed by atoms with E-state index in [0.717, 1.165) is 6.54 Å². The van der Waals surface area contributed by atoms with E-state index in [1.807, 2.05) is 6.92 Å². The third-order valence-electron chi connectivity index (χ3n) is 2.40. The molecule has 2 rings (SSSR count). The zero-order valence-electron chi connectivity index (χ0n) is 9.75. The molecule has 0 radical (unpaired) electrons. The molecule has 0 saturated heterocycles. The van der Waals surface area contributed by atoms with Crippen LogP contribution < -0.4 is 10.1 Å². The summed E-state index contributed by atoms with van der Waals surface area (Å²) in [5.41, 5.74) is 0.988. The normalized spacial score (nSPS) is 10.3. The number of aromatic nitrogens is 2. The quantitative estimate of drug-likeness (QED) is 0.856. The van der Waals surface area contributed by atoms with Crippen molar-refractivity contribution >= 4 is 5.82 Å². The second kappa shape index (κ2) is 4.86. The van der Waals surface area contributed by atoms with E-state index in [2.05, 4.69) is 15.5 Å². The highest BCUT2D eigenvalue weighted by atomic mass is 19.1. The number of hydrogen-bond donors (Lipinski definition) is 2. The van der Waals surface area contributed by atoms with Gasteiger partial charge in [0, 0.05) is 12.6 Å². The van der Waals surface area contributed by atoms with Gasteiger partial charge < -0.3 is 10.1 Å². The summed E-state index contributed by atoms with van der Waals surface area (Å²) in [6.07, 6.45) is 0. The summed E-state index contributed by atoms with van der Waals surface area (Å²) in [4.78, 5) is 0. The summed E-state index contributed by atoms with van der Waals surface area (Å²) >= 11 is 0. The summed E-state index contributed by atoms with van der Waals surface area (Å²) in [5.74, 6) is 0.834. The molecule has 0 amide bonds. The van der Waals surface area contributed by atoms with Gasteiger partial charge in [0.05, 0.1) is 18.4 Å². The molecule has 0 bridgehead atoms. The van der Waals surface area contributed by atoms with E-state index in [0.29, 0.717) is 22.8 Å². The van der Waals surface area contributed by atoms with Gasteiger partial charge in [-0.25, -0.2) is 4.39 Å². The van der Waals surface area contributed by atoms with Crippen LogP contribution in [-0.2, 0) is 0 Å². The van der Waals surface area contributed by atoms with Crippen molar-refractivity contribution in [3.63, 3.8) is 0 Å². The Hall–Kier alpha value is -2.04. The molecule has 0 aliphatic carbocycles. The van der Waals surface area contributed by atoms with Gasteiger partial charge in [0.1, 0.15) is 17.4 Å². The maximum absolute atomic E-state index is 13.8. The van der Waals surface area contributed by atoms with Crippen molar-refractivity contribution in [2.45, 2.75) is 6.92 Å². The third-order valence-corrected chi connectivity index (χ3v) is 2.40. The average molecular weight is 235 g/mol. The summed E-state index contributed by atoms with van der Waals surface area (Å²) in [5, 5.41) is 9.88. The Bertz CT molecular complexity index is 510. The largest absolute Gasteiger partial charge is 0.496 e. The first kappa shape index (κ1) is 11.4. The van der Waals surface area contributed by atoms with E-state index in [-0.39, 0.29) is 5.82 Å². The van der Waals surface area contributed by atoms with Gasteiger partial charge in [-0.05, 0) is 19.1 Å². The average Bonchev–Trinajstić information content (AvgIpc) is 2.77. The molecular weight excluding hydrogens is 221 g/mol. The lowest BCUT2D eigenvalue weighted by molar-refractivity contribution is 0.413. The second-order valence-corrected chi connectivity index (χ2v) is 3.51. The molecule has 90 valence electrons. The van der Waals surface area contributed by atoms with E-state index in [1.165, 1.54) is 13.2 Å². The van der Waals surface area contributed by atoms with Gasteiger partial charge in [0.2, 0.25) is 0 Å². The van der Waals surface area contributed by atoms with Crippen LogP contribution >= 0.6 is 0 Å². The molecule has 4 nitrogen and oxygen atoms in total. The standard InChI is InChI=1S/C12H14FN3O/c1-3-14-11-7-9(15-16-11)12-8(13)5-4-6-10(12)17-2/h4-7H,3H2,1-2H3,(H2,14,15,16). The third kappa shape index (κ3) is 2.22. The topological polar surface area (TPSA) is 49.9 Å². The highest BCUT2D eigenvalue weighted by Gasteiger charge is 2.13. The first-order chi connectivity index (χ1) is 8.26. The number of aromatic amines is 1. The smallest absolute Gasteiger partial charge is 0.148 e. The van der Waals surface area contributed by atoms with Crippen molar-refractivity contribution in [3.8, 4) is 17.0 Å². The molecule has 0 unspecified atom stereocenters. The Morgan fingerprint density at radius 1 is 1.47 bits per heavy atom. The minimum Gasteiger partial charge on any atom is -0.496 e. The lowest BCUT2D eigenvalue weighted by Gasteiger charge is -2.06. The Balaban J connectivity index is 2.44. The van der Waals surface area contributed by atoms with Crippen LogP contribution in [0.2, 0.25) is 0 Å². The SMILES string of the molecule is CCNc1cc(-c2c(F)cccc2OC)[nH]n1. The van der Waals surface area contributed by atoms with Crippen LogP contribution in [-0.4, -0.2) is 23.9 Å². The molecular formula is C12H14FN3O. The van der Waals surface area contributed by atoms with E-state index < -0.39 is 0 Å². The van der Waals surface area contributed by atoms with E-state index in [9.17, 15) is 4.39 Å². The molecule has 1 aromatic carbocycles. The molecule has 0 fully saturated rings. The number of halogens is 1. The number of benzene rings is 1. The Labute approximate surface area is 98.8 Å². The van der Waals surface area contributed by atoms with Crippen LogP contribution in [0.1, 0.15) is 6.92 Å². The van der Waals surface area contributed by atoms with Crippen LogP contribution in [0.3, 0.4) is 0 Å². The zero-order valence-corrected chi connectivity index (χ0v) is 9.75. The van der Waals surface area contributed by atoms with E-state index >= 15 is 0 Å². The van der Waals surface area contributed by atoms with Crippen molar-refractivity contribution in [1.82, 2.24) is 10.2 Å².